The van der Waals surface area contributed by atoms with Gasteiger partial charge < -0.3 is 8.83 Å². The predicted molar refractivity (Wildman–Crippen MR) is 227 cm³/mol. The topological polar surface area (TPSA) is 65.0 Å². The van der Waals surface area contributed by atoms with E-state index in [1.807, 2.05) is 48.5 Å². The summed E-state index contributed by atoms with van der Waals surface area (Å²) in [6, 6.07) is 65.0. The first kappa shape index (κ1) is 31.9. The molecule has 0 aliphatic heterocycles. The molecule has 0 spiro atoms. The van der Waals surface area contributed by atoms with Crippen molar-refractivity contribution in [1.82, 2.24) is 15.0 Å². The maximum atomic E-state index is 6.13. The highest BCUT2D eigenvalue weighted by molar-refractivity contribution is 5.97. The van der Waals surface area contributed by atoms with E-state index in [0.717, 1.165) is 78.1 Å². The minimum atomic E-state index is 0.590. The van der Waals surface area contributed by atoms with Crippen molar-refractivity contribution in [3.63, 3.8) is 0 Å². The van der Waals surface area contributed by atoms with Crippen molar-refractivity contribution in [3.8, 4) is 67.7 Å². The molecule has 0 atom stereocenters. The lowest BCUT2D eigenvalue weighted by Gasteiger charge is -2.18. The summed E-state index contributed by atoms with van der Waals surface area (Å²) in [6.45, 7) is 0. The highest BCUT2D eigenvalue weighted by atomic mass is 16.4. The Kier molecular flexibility index (Phi) is 7.42. The van der Waals surface area contributed by atoms with E-state index >= 15 is 0 Å². The van der Waals surface area contributed by atoms with Crippen LogP contribution in [-0.4, -0.2) is 15.0 Å². The minimum Gasteiger partial charge on any atom is -0.436 e. The van der Waals surface area contributed by atoms with E-state index in [2.05, 4.69) is 140 Å². The number of hydrogen-bond donors (Lipinski definition) is 0. The quantitative estimate of drug-likeness (QED) is 0.171. The molecule has 262 valence electrons. The van der Waals surface area contributed by atoms with Gasteiger partial charge in [-0.3, -0.25) is 0 Å². The van der Waals surface area contributed by atoms with Gasteiger partial charge in [-0.05, 0) is 99.4 Å². The van der Waals surface area contributed by atoms with Crippen molar-refractivity contribution in [2.24, 2.45) is 0 Å². The van der Waals surface area contributed by atoms with Crippen LogP contribution in [0, 0.1) is 0 Å². The van der Waals surface area contributed by atoms with Crippen LogP contribution in [0.1, 0.15) is 0 Å². The minimum absolute atomic E-state index is 0.590. The maximum Gasteiger partial charge on any atom is 0.227 e. The molecule has 5 nitrogen and oxygen atoms in total. The van der Waals surface area contributed by atoms with Crippen LogP contribution in [0.15, 0.2) is 197 Å². The molecule has 11 aromatic rings. The Bertz CT molecular complexity index is 2970. The molecular weight excluding hydrogens is 687 g/mol. The zero-order valence-corrected chi connectivity index (χ0v) is 30.1. The van der Waals surface area contributed by atoms with Gasteiger partial charge >= 0.3 is 0 Å². The van der Waals surface area contributed by atoms with Gasteiger partial charge in [-0.2, -0.15) is 0 Å². The van der Waals surface area contributed by atoms with Gasteiger partial charge in [0.1, 0.15) is 11.0 Å². The first-order chi connectivity index (χ1) is 27.7. The monoisotopic (exact) mass is 717 g/mol. The van der Waals surface area contributed by atoms with Crippen LogP contribution in [0.3, 0.4) is 0 Å². The number of benzene rings is 8. The average Bonchev–Trinajstić information content (AvgIpc) is 3.91. The molecular formula is C51H31N3O2. The van der Waals surface area contributed by atoms with Crippen LogP contribution in [0.2, 0.25) is 0 Å². The molecule has 0 aliphatic carbocycles. The lowest BCUT2D eigenvalue weighted by atomic mass is 9.90. The first-order valence-electron chi connectivity index (χ1n) is 18.7. The Morgan fingerprint density at radius 3 is 1.11 bits per heavy atom. The molecule has 0 unspecified atom stereocenters. The molecule has 3 heterocycles. The molecule has 0 saturated carbocycles. The Morgan fingerprint density at radius 2 is 0.661 bits per heavy atom. The van der Waals surface area contributed by atoms with Crippen LogP contribution in [0.4, 0.5) is 0 Å². The van der Waals surface area contributed by atoms with E-state index < -0.39 is 0 Å². The molecule has 8 aromatic carbocycles. The number of hydrogen-bond acceptors (Lipinski definition) is 5. The second-order valence-corrected chi connectivity index (χ2v) is 14.0. The van der Waals surface area contributed by atoms with Gasteiger partial charge in [-0.1, -0.05) is 121 Å². The Labute approximate surface area is 322 Å². The molecule has 11 rings (SSSR count). The standard InChI is InChI=1S/C51H31N3O2/c1-3-11-38-29-40(27-17-32(38)9-1)42-31-43(41-28-18-33-10-2-4-12-39(33)30-41)49(35-21-25-37(26-22-35)51-53-45-14-6-8-16-47(45)56-51)54-48(42)34-19-23-36(24-20-34)50-52-44-13-5-7-15-46(44)55-50/h1-31H. The molecule has 0 fully saturated rings. The van der Waals surface area contributed by atoms with Gasteiger partial charge in [0.15, 0.2) is 11.2 Å². The molecule has 5 heteroatoms. The van der Waals surface area contributed by atoms with Gasteiger partial charge in [0.2, 0.25) is 11.8 Å². The highest BCUT2D eigenvalue weighted by Crippen LogP contribution is 2.42. The van der Waals surface area contributed by atoms with E-state index in [1.165, 1.54) is 21.5 Å². The van der Waals surface area contributed by atoms with Gasteiger partial charge in [0.05, 0.1) is 11.4 Å². The Morgan fingerprint density at radius 1 is 0.286 bits per heavy atom. The second-order valence-electron chi connectivity index (χ2n) is 14.0. The van der Waals surface area contributed by atoms with Crippen LogP contribution in [-0.2, 0) is 0 Å². The summed E-state index contributed by atoms with van der Waals surface area (Å²) in [7, 11) is 0. The maximum absolute atomic E-state index is 6.13. The number of oxazole rings is 2. The van der Waals surface area contributed by atoms with Crippen LogP contribution < -0.4 is 0 Å². The zero-order chi connectivity index (χ0) is 37.0. The van der Waals surface area contributed by atoms with Crippen molar-refractivity contribution >= 4 is 43.7 Å². The van der Waals surface area contributed by atoms with Crippen molar-refractivity contribution in [3.05, 3.63) is 188 Å². The van der Waals surface area contributed by atoms with Crippen molar-refractivity contribution < 1.29 is 8.83 Å². The average molecular weight is 718 g/mol. The number of pyridine rings is 1. The Balaban J connectivity index is 1.11. The largest absolute Gasteiger partial charge is 0.436 e. The van der Waals surface area contributed by atoms with Crippen molar-refractivity contribution in [2.45, 2.75) is 0 Å². The summed E-state index contributed by atoms with van der Waals surface area (Å²) in [4.78, 5) is 15.1. The molecule has 0 amide bonds. The highest BCUT2D eigenvalue weighted by Gasteiger charge is 2.20. The van der Waals surface area contributed by atoms with E-state index in [0.29, 0.717) is 11.8 Å². The molecule has 0 radical (unpaired) electrons. The van der Waals surface area contributed by atoms with Crippen molar-refractivity contribution in [2.75, 3.05) is 0 Å². The third kappa shape index (κ3) is 5.62. The van der Waals surface area contributed by atoms with Gasteiger partial charge in [-0.25, -0.2) is 15.0 Å². The fourth-order valence-electron chi connectivity index (χ4n) is 7.64. The zero-order valence-electron chi connectivity index (χ0n) is 30.1. The number of para-hydroxylation sites is 4. The van der Waals surface area contributed by atoms with E-state index in [9.17, 15) is 0 Å². The molecule has 0 aliphatic rings. The van der Waals surface area contributed by atoms with Crippen LogP contribution in [0.25, 0.3) is 111 Å². The molecule has 0 saturated heterocycles. The fraction of sp³-hybridized carbons (Fsp3) is 0. The summed E-state index contributed by atoms with van der Waals surface area (Å²) in [6.07, 6.45) is 0. The predicted octanol–water partition coefficient (Wildman–Crippen LogP) is 13.7. The number of aromatic nitrogens is 3. The molecule has 0 N–H and O–H groups in total. The number of nitrogens with zero attached hydrogens (tertiary/aromatic N) is 3. The van der Waals surface area contributed by atoms with E-state index in [-0.39, 0.29) is 0 Å². The summed E-state index contributed by atoms with van der Waals surface area (Å²) < 4.78 is 12.3. The van der Waals surface area contributed by atoms with Crippen LogP contribution in [0.5, 0.6) is 0 Å². The van der Waals surface area contributed by atoms with Crippen molar-refractivity contribution in [1.29, 1.82) is 0 Å². The summed E-state index contributed by atoms with van der Waals surface area (Å²) in [5.41, 5.74) is 13.0. The number of fused-ring (bicyclic) bond motifs is 4. The third-order valence-electron chi connectivity index (χ3n) is 10.5. The SMILES string of the molecule is c1ccc2cc(-c3cc(-c4ccc5ccccc5c4)c(-c4ccc(-c5nc6ccccc6o5)cc4)nc3-c3ccc(-c4nc5ccccc5o4)cc3)ccc2c1. The normalized spacial score (nSPS) is 11.6. The van der Waals surface area contributed by atoms with Crippen LogP contribution >= 0.6 is 0 Å². The smallest absolute Gasteiger partial charge is 0.227 e. The summed E-state index contributed by atoms with van der Waals surface area (Å²) in [5, 5.41) is 4.74. The van der Waals surface area contributed by atoms with Gasteiger partial charge in [0, 0.05) is 33.4 Å². The molecule has 3 aromatic heterocycles. The molecule has 0 bridgehead atoms. The second kappa shape index (κ2) is 13.0. The summed E-state index contributed by atoms with van der Waals surface area (Å²) >= 11 is 0. The third-order valence-corrected chi connectivity index (χ3v) is 10.5. The van der Waals surface area contributed by atoms with Gasteiger partial charge in [-0.15, -0.1) is 0 Å². The van der Waals surface area contributed by atoms with E-state index in [4.69, 9.17) is 23.8 Å². The van der Waals surface area contributed by atoms with Gasteiger partial charge in [0.25, 0.3) is 0 Å². The fourth-order valence-corrected chi connectivity index (χ4v) is 7.64. The lowest BCUT2D eigenvalue weighted by Crippen LogP contribution is -1.97. The summed E-state index contributed by atoms with van der Waals surface area (Å²) in [5.74, 6) is 1.18. The molecule has 56 heavy (non-hydrogen) atoms. The first-order valence-corrected chi connectivity index (χ1v) is 18.7. The van der Waals surface area contributed by atoms with E-state index in [1.54, 1.807) is 0 Å². The Hall–Kier alpha value is -7.63. The lowest BCUT2D eigenvalue weighted by molar-refractivity contribution is 0.619. The number of rotatable bonds is 6.